The van der Waals surface area contributed by atoms with Crippen LogP contribution in [0.4, 0.5) is 10.2 Å². The van der Waals surface area contributed by atoms with Crippen LogP contribution in [0.25, 0.3) is 22.3 Å². The van der Waals surface area contributed by atoms with Crippen molar-refractivity contribution in [2.75, 3.05) is 25.9 Å². The van der Waals surface area contributed by atoms with Crippen LogP contribution in [-0.2, 0) is 17.8 Å². The maximum Gasteiger partial charge on any atom is 0.255 e. The van der Waals surface area contributed by atoms with Gasteiger partial charge in [0.2, 0.25) is 5.95 Å². The zero-order chi connectivity index (χ0) is 32.9. The molecule has 2 unspecified atom stereocenters. The van der Waals surface area contributed by atoms with Gasteiger partial charge in [0.05, 0.1) is 37.0 Å². The number of pyridine rings is 2. The van der Waals surface area contributed by atoms with E-state index < -0.39 is 12.1 Å². The average molecular weight is 640 g/mol. The lowest BCUT2D eigenvalue weighted by molar-refractivity contribution is 0.0272. The number of nitrogens with zero attached hydrogens (tertiary/aromatic N) is 3. The van der Waals surface area contributed by atoms with Crippen molar-refractivity contribution in [2.45, 2.75) is 69.4 Å². The molecule has 2 aliphatic rings. The molecule has 0 bridgehead atoms. The largest absolute Gasteiger partial charge is 0.394 e. The Balaban J connectivity index is 1.05. The van der Waals surface area contributed by atoms with Gasteiger partial charge in [-0.05, 0) is 91.6 Å². The van der Waals surface area contributed by atoms with Crippen LogP contribution in [0.1, 0.15) is 65.2 Å². The van der Waals surface area contributed by atoms with Crippen LogP contribution in [-0.4, -0.2) is 69.4 Å². The van der Waals surface area contributed by atoms with Gasteiger partial charge in [-0.15, -0.1) is 0 Å². The average Bonchev–Trinajstić information content (AvgIpc) is 3.73. The number of carbonyl (C=O) groups excluding carboxylic acids is 1. The topological polar surface area (TPSA) is 134 Å². The number of hydrogen-bond donors (Lipinski definition) is 4. The Labute approximate surface area is 274 Å². The van der Waals surface area contributed by atoms with Gasteiger partial charge in [-0.2, -0.15) is 4.39 Å². The molecule has 2 heterocycles. The number of fused-ring (bicyclic) bond motifs is 1. The number of amides is 1. The maximum absolute atomic E-state index is 14.3. The minimum absolute atomic E-state index is 0.0802. The predicted octanol–water partition coefficient (Wildman–Crippen LogP) is 5.06. The number of nitrogen functional groups attached to an aromatic ring is 1. The van der Waals surface area contributed by atoms with Crippen LogP contribution >= 0.6 is 0 Å². The monoisotopic (exact) mass is 639 g/mol. The smallest absolute Gasteiger partial charge is 0.255 e. The van der Waals surface area contributed by atoms with Gasteiger partial charge >= 0.3 is 0 Å². The van der Waals surface area contributed by atoms with E-state index in [1.807, 2.05) is 0 Å². The Kier molecular flexibility index (Phi) is 10.2. The van der Waals surface area contributed by atoms with Crippen molar-refractivity contribution in [3.05, 3.63) is 101 Å². The molecule has 0 radical (unpaired) electrons. The summed E-state index contributed by atoms with van der Waals surface area (Å²) in [5.41, 5.74) is 13.0. The highest BCUT2D eigenvalue weighted by Crippen LogP contribution is 2.37. The van der Waals surface area contributed by atoms with Crippen molar-refractivity contribution in [3.63, 3.8) is 0 Å². The fraction of sp³-hybridized carbons (Fsp3) is 0.378. The number of benzene rings is 2. The van der Waals surface area contributed by atoms with Gasteiger partial charge in [0.15, 0.2) is 0 Å². The standard InChI is InChI=1S/C37H42FN5O4/c1-43(17-15-28(45)21-44)33-14-12-26-18-25(11-13-29(26)33)24-9-7-23(8-10-24)22-47-34-6-2-5-32(34)42-37(46)31-19-27(20-41-36(31)39)30-4-3-16-40-35(30)38/h3-4,7-11,13,16,18-20,28,32-34,44-45H,2,5-6,12,14-15,17,21-22H2,1H3,(H2,39,41)(H,42,46)/t28?,32-,33?,34-/m0/s1. The van der Waals surface area contributed by atoms with Gasteiger partial charge < -0.3 is 26.0 Å². The van der Waals surface area contributed by atoms with E-state index in [0.717, 1.165) is 49.8 Å². The van der Waals surface area contributed by atoms with Crippen LogP contribution in [0, 0.1) is 5.95 Å². The molecule has 2 aliphatic carbocycles. The number of carbonyl (C=O) groups is 1. The van der Waals surface area contributed by atoms with Crippen molar-refractivity contribution in [1.82, 2.24) is 20.2 Å². The summed E-state index contributed by atoms with van der Waals surface area (Å²) in [7, 11) is 2.08. The molecule has 6 rings (SSSR count). The number of nitrogens with two attached hydrogens (primary N) is 1. The normalized spacial score (nSPS) is 19.6. The summed E-state index contributed by atoms with van der Waals surface area (Å²) in [6.45, 7) is 0.964. The molecule has 0 aliphatic heterocycles. The molecular formula is C37H42FN5O4. The van der Waals surface area contributed by atoms with Gasteiger partial charge in [0, 0.05) is 36.1 Å². The minimum atomic E-state index is -0.673. The number of aromatic nitrogens is 2. The first-order valence-corrected chi connectivity index (χ1v) is 16.3. The number of anilines is 1. The number of rotatable bonds is 12. The lowest BCUT2D eigenvalue weighted by Gasteiger charge is -2.26. The molecule has 2 aromatic carbocycles. The number of ether oxygens (including phenoxy) is 1. The summed E-state index contributed by atoms with van der Waals surface area (Å²) in [4.78, 5) is 23.3. The molecule has 0 spiro atoms. The molecule has 4 atom stereocenters. The maximum atomic E-state index is 14.3. The Morgan fingerprint density at radius 1 is 1.09 bits per heavy atom. The molecule has 9 nitrogen and oxygen atoms in total. The van der Waals surface area contributed by atoms with Crippen LogP contribution in [0.2, 0.25) is 0 Å². The van der Waals surface area contributed by atoms with Crippen LogP contribution < -0.4 is 11.1 Å². The zero-order valence-corrected chi connectivity index (χ0v) is 26.6. The number of halogens is 1. The molecule has 4 aromatic rings. The van der Waals surface area contributed by atoms with Crippen molar-refractivity contribution < 1.29 is 24.1 Å². The van der Waals surface area contributed by atoms with E-state index in [1.165, 1.54) is 29.1 Å². The molecular weight excluding hydrogens is 597 g/mol. The van der Waals surface area contributed by atoms with E-state index in [-0.39, 0.29) is 41.6 Å². The summed E-state index contributed by atoms with van der Waals surface area (Å²) < 4.78 is 20.6. The highest BCUT2D eigenvalue weighted by Gasteiger charge is 2.31. The minimum Gasteiger partial charge on any atom is -0.394 e. The third kappa shape index (κ3) is 7.52. The Morgan fingerprint density at radius 3 is 2.68 bits per heavy atom. The second-order valence-electron chi connectivity index (χ2n) is 12.6. The zero-order valence-electron chi connectivity index (χ0n) is 26.6. The van der Waals surface area contributed by atoms with Crippen molar-refractivity contribution in [1.29, 1.82) is 0 Å². The van der Waals surface area contributed by atoms with E-state index in [9.17, 15) is 14.3 Å². The summed E-state index contributed by atoms with van der Waals surface area (Å²) in [6.07, 6.45) is 7.18. The van der Waals surface area contributed by atoms with Gasteiger partial charge in [-0.1, -0.05) is 42.5 Å². The first-order valence-electron chi connectivity index (χ1n) is 16.3. The second kappa shape index (κ2) is 14.7. The van der Waals surface area contributed by atoms with E-state index in [0.29, 0.717) is 24.6 Å². The van der Waals surface area contributed by atoms with E-state index in [4.69, 9.17) is 15.6 Å². The summed E-state index contributed by atoms with van der Waals surface area (Å²) in [5, 5.41) is 21.9. The van der Waals surface area contributed by atoms with Gasteiger partial charge in [0.1, 0.15) is 5.82 Å². The van der Waals surface area contributed by atoms with Crippen molar-refractivity contribution >= 4 is 11.7 Å². The summed E-state index contributed by atoms with van der Waals surface area (Å²) in [5.74, 6) is -0.920. The van der Waals surface area contributed by atoms with Gasteiger partial charge in [0.25, 0.3) is 5.91 Å². The lowest BCUT2D eigenvalue weighted by atomic mass is 9.98. The number of hydrogen-bond acceptors (Lipinski definition) is 8. The molecule has 2 aromatic heterocycles. The molecule has 10 heteroatoms. The third-order valence-electron chi connectivity index (χ3n) is 9.50. The van der Waals surface area contributed by atoms with Crippen molar-refractivity contribution in [2.24, 2.45) is 0 Å². The molecule has 1 amide bonds. The highest BCUT2D eigenvalue weighted by atomic mass is 19.1. The second-order valence-corrected chi connectivity index (χ2v) is 12.6. The number of aliphatic hydroxyl groups excluding tert-OH is 2. The molecule has 47 heavy (non-hydrogen) atoms. The number of nitrogens with one attached hydrogen (secondary N) is 1. The van der Waals surface area contributed by atoms with Crippen LogP contribution in [0.3, 0.4) is 0 Å². The molecule has 0 saturated heterocycles. The molecule has 5 N–H and O–H groups in total. The fourth-order valence-corrected chi connectivity index (χ4v) is 6.77. The van der Waals surface area contributed by atoms with Crippen molar-refractivity contribution in [3.8, 4) is 22.3 Å². The van der Waals surface area contributed by atoms with Gasteiger partial charge in [-0.3, -0.25) is 9.69 Å². The SMILES string of the molecule is CN(CCC(O)CO)C1CCc2cc(-c3ccc(CO[C@H]4CCC[C@@H]4NC(=O)c4cc(-c5cccnc5F)cnc4N)cc3)ccc21. The fourth-order valence-electron chi connectivity index (χ4n) is 6.77. The van der Waals surface area contributed by atoms with Crippen LogP contribution in [0.15, 0.2) is 73.1 Å². The summed E-state index contributed by atoms with van der Waals surface area (Å²) in [6, 6.07) is 20.0. The first kappa shape index (κ1) is 32.7. The Hall–Kier alpha value is -4.22. The van der Waals surface area contributed by atoms with E-state index in [2.05, 4.69) is 69.7 Å². The van der Waals surface area contributed by atoms with Gasteiger partial charge in [-0.25, -0.2) is 9.97 Å². The van der Waals surface area contributed by atoms with E-state index in [1.54, 1.807) is 18.2 Å². The predicted molar refractivity (Wildman–Crippen MR) is 179 cm³/mol. The van der Waals surface area contributed by atoms with E-state index >= 15 is 0 Å². The summed E-state index contributed by atoms with van der Waals surface area (Å²) >= 11 is 0. The molecule has 1 saturated carbocycles. The molecule has 246 valence electrons. The number of aryl methyl sites for hydroxylation is 1. The van der Waals surface area contributed by atoms with Crippen LogP contribution in [0.5, 0.6) is 0 Å². The first-order chi connectivity index (χ1) is 22.8. The lowest BCUT2D eigenvalue weighted by Crippen LogP contribution is -2.41. The highest BCUT2D eigenvalue weighted by molar-refractivity contribution is 5.99. The Bertz CT molecular complexity index is 1700. The molecule has 1 fully saturated rings. The Morgan fingerprint density at radius 2 is 1.89 bits per heavy atom. The number of aliphatic hydroxyl groups is 2. The quantitative estimate of drug-likeness (QED) is 0.158. The third-order valence-corrected chi connectivity index (χ3v) is 9.50.